The highest BCUT2D eigenvalue weighted by Crippen LogP contribution is 2.35. The predicted molar refractivity (Wildman–Crippen MR) is 152 cm³/mol. The molecule has 0 aromatic carbocycles. The maximum Gasteiger partial charge on any atom is 0.164 e. The van der Waals surface area contributed by atoms with Gasteiger partial charge in [-0.25, -0.2) is 13.6 Å². The summed E-state index contributed by atoms with van der Waals surface area (Å²) in [5.74, 6) is 7.25. The average Bonchev–Trinajstić information content (AvgIpc) is 3.59. The first kappa shape index (κ1) is 27.0. The molecule has 6 heterocycles. The number of piperidine rings is 1. The lowest BCUT2D eigenvalue weighted by atomic mass is 10.0. The number of halogens is 1. The summed E-state index contributed by atoms with van der Waals surface area (Å²) in [6.45, 7) is 6.05. The molecule has 11 heteroatoms. The van der Waals surface area contributed by atoms with Crippen LogP contribution >= 0.6 is 0 Å². The minimum absolute atomic E-state index is 0.229. The summed E-state index contributed by atoms with van der Waals surface area (Å²) in [5.41, 5.74) is 4.72. The Kier molecular flexibility index (Phi) is 7.36. The lowest BCUT2D eigenvalue weighted by Crippen LogP contribution is -2.52. The van der Waals surface area contributed by atoms with Crippen molar-refractivity contribution in [3.63, 3.8) is 0 Å². The summed E-state index contributed by atoms with van der Waals surface area (Å²) in [6.07, 6.45) is 8.66. The Bertz CT molecular complexity index is 1620. The highest BCUT2D eigenvalue weighted by atomic mass is 19.1. The Morgan fingerprint density at radius 1 is 1.12 bits per heavy atom. The van der Waals surface area contributed by atoms with E-state index >= 15 is 0 Å². The number of fused-ring (bicyclic) bond motifs is 1. The zero-order chi connectivity index (χ0) is 28.6. The van der Waals surface area contributed by atoms with Crippen LogP contribution < -0.4 is 4.74 Å². The zero-order valence-electron chi connectivity index (χ0n) is 23.9. The molecule has 1 aliphatic carbocycles. The van der Waals surface area contributed by atoms with Crippen molar-refractivity contribution in [1.82, 2.24) is 34.5 Å². The zero-order valence-corrected chi connectivity index (χ0v) is 23.9. The van der Waals surface area contributed by atoms with E-state index in [1.54, 1.807) is 23.9 Å². The molecule has 2 aliphatic heterocycles. The third-order valence-corrected chi connectivity index (χ3v) is 8.42. The van der Waals surface area contributed by atoms with E-state index in [2.05, 4.69) is 48.7 Å². The molecule has 218 valence electrons. The molecule has 10 nitrogen and oxygen atoms in total. The Morgan fingerprint density at radius 2 is 1.95 bits per heavy atom. The van der Waals surface area contributed by atoms with Crippen LogP contribution in [0, 0.1) is 30.5 Å². The topological polar surface area (TPSA) is 91.8 Å². The van der Waals surface area contributed by atoms with Crippen LogP contribution in [-0.4, -0.2) is 80.6 Å². The van der Waals surface area contributed by atoms with Crippen LogP contribution in [0.4, 0.5) is 4.39 Å². The normalized spacial score (nSPS) is 18.9. The second-order valence-electron chi connectivity index (χ2n) is 11.4. The third kappa shape index (κ3) is 5.38. The fraction of sp³-hybridized carbons (Fsp3) is 0.484. The van der Waals surface area contributed by atoms with Gasteiger partial charge >= 0.3 is 0 Å². The van der Waals surface area contributed by atoms with Gasteiger partial charge in [0.1, 0.15) is 22.8 Å². The molecule has 0 N–H and O–H groups in total. The van der Waals surface area contributed by atoms with Gasteiger partial charge < -0.3 is 14.2 Å². The van der Waals surface area contributed by atoms with Crippen molar-refractivity contribution in [2.75, 3.05) is 40.0 Å². The van der Waals surface area contributed by atoms with Gasteiger partial charge in [0.15, 0.2) is 6.10 Å². The third-order valence-electron chi connectivity index (χ3n) is 8.42. The van der Waals surface area contributed by atoms with E-state index in [4.69, 9.17) is 14.2 Å². The van der Waals surface area contributed by atoms with Gasteiger partial charge in [-0.3, -0.25) is 9.88 Å². The van der Waals surface area contributed by atoms with Crippen LogP contribution in [0.5, 0.6) is 5.75 Å². The van der Waals surface area contributed by atoms with Crippen molar-refractivity contribution in [2.45, 2.75) is 50.8 Å². The first-order valence-corrected chi connectivity index (χ1v) is 14.6. The van der Waals surface area contributed by atoms with E-state index in [1.165, 1.54) is 12.3 Å². The Morgan fingerprint density at radius 3 is 2.64 bits per heavy atom. The first-order valence-electron chi connectivity index (χ1n) is 14.6. The first-order chi connectivity index (χ1) is 20.6. The summed E-state index contributed by atoms with van der Waals surface area (Å²) in [4.78, 5) is 6.79. The maximum atomic E-state index is 13.6. The molecule has 2 saturated heterocycles. The fourth-order valence-electron chi connectivity index (χ4n) is 5.75. The molecule has 0 spiro atoms. The number of rotatable bonds is 8. The van der Waals surface area contributed by atoms with Gasteiger partial charge in [0, 0.05) is 37.9 Å². The van der Waals surface area contributed by atoms with Gasteiger partial charge in [0.05, 0.1) is 61.2 Å². The number of nitrogens with zero attached hydrogens (tertiary/aromatic N) is 7. The van der Waals surface area contributed by atoms with Gasteiger partial charge in [-0.05, 0) is 50.8 Å². The number of aromatic nitrogens is 6. The number of hydrogen-bond donors (Lipinski definition) is 0. The van der Waals surface area contributed by atoms with E-state index in [9.17, 15) is 4.39 Å². The summed E-state index contributed by atoms with van der Waals surface area (Å²) in [6, 6.07) is 5.81. The smallest absolute Gasteiger partial charge is 0.164 e. The fourth-order valence-corrected chi connectivity index (χ4v) is 5.75. The lowest BCUT2D eigenvalue weighted by molar-refractivity contribution is -0.0735. The average molecular weight is 572 g/mol. The Balaban J connectivity index is 1.23. The minimum atomic E-state index is -0.572. The summed E-state index contributed by atoms with van der Waals surface area (Å²) >= 11 is 0. The summed E-state index contributed by atoms with van der Waals surface area (Å²) in [7, 11) is 1.60. The van der Waals surface area contributed by atoms with E-state index in [0.717, 1.165) is 80.0 Å². The molecule has 3 fully saturated rings. The summed E-state index contributed by atoms with van der Waals surface area (Å²) in [5, 5.41) is 13.9. The van der Waals surface area contributed by atoms with Crippen molar-refractivity contribution in [1.29, 1.82) is 0 Å². The number of methoxy groups -OCH3 is 1. The second-order valence-corrected chi connectivity index (χ2v) is 11.4. The largest absolute Gasteiger partial charge is 0.479 e. The van der Waals surface area contributed by atoms with Crippen LogP contribution in [0.2, 0.25) is 0 Å². The van der Waals surface area contributed by atoms with Crippen LogP contribution in [-0.2, 0) is 9.47 Å². The SMILES string of the molecule is COCC(Oc1cc(-c2nnn(C3CCN(C4COC4)CC3)c2C)cn2ncc(C#CC3CC3)c12)c1ccc(F)cn1. The molecule has 1 saturated carbocycles. The van der Waals surface area contributed by atoms with Crippen molar-refractivity contribution in [3.05, 3.63) is 59.6 Å². The molecule has 7 rings (SSSR count). The van der Waals surface area contributed by atoms with Crippen molar-refractivity contribution in [3.8, 4) is 28.8 Å². The quantitative estimate of drug-likeness (QED) is 0.293. The van der Waals surface area contributed by atoms with Gasteiger partial charge in [-0.15, -0.1) is 5.10 Å². The minimum Gasteiger partial charge on any atom is -0.479 e. The molecule has 3 aliphatic rings. The molecular formula is C31H34FN7O3. The van der Waals surface area contributed by atoms with Crippen LogP contribution in [0.15, 0.2) is 36.8 Å². The number of pyridine rings is 2. The Labute approximate surface area is 243 Å². The van der Waals surface area contributed by atoms with Crippen LogP contribution in [0.3, 0.4) is 0 Å². The molecular weight excluding hydrogens is 537 g/mol. The van der Waals surface area contributed by atoms with Gasteiger partial charge in [-0.2, -0.15) is 5.10 Å². The monoisotopic (exact) mass is 571 g/mol. The highest BCUT2D eigenvalue weighted by Gasteiger charge is 2.31. The van der Waals surface area contributed by atoms with E-state index in [-0.39, 0.29) is 6.61 Å². The van der Waals surface area contributed by atoms with Crippen LogP contribution in [0.25, 0.3) is 16.8 Å². The molecule has 1 atom stereocenters. The molecule has 42 heavy (non-hydrogen) atoms. The second kappa shape index (κ2) is 11.4. The molecule has 1 unspecified atom stereocenters. The van der Waals surface area contributed by atoms with Crippen molar-refractivity contribution >= 4 is 5.52 Å². The number of hydrogen-bond acceptors (Lipinski definition) is 8. The molecule has 0 radical (unpaired) electrons. The number of likely N-dealkylation sites (tertiary alicyclic amines) is 1. The van der Waals surface area contributed by atoms with Crippen molar-refractivity contribution < 1.29 is 18.6 Å². The lowest BCUT2D eigenvalue weighted by Gasteiger charge is -2.41. The molecule has 4 aromatic rings. The van der Waals surface area contributed by atoms with E-state index in [1.807, 2.05) is 12.3 Å². The predicted octanol–water partition coefficient (Wildman–Crippen LogP) is 4.00. The van der Waals surface area contributed by atoms with E-state index in [0.29, 0.717) is 29.4 Å². The maximum absolute atomic E-state index is 13.6. The molecule has 0 bridgehead atoms. The Hall–Kier alpha value is -3.85. The van der Waals surface area contributed by atoms with Crippen molar-refractivity contribution in [2.24, 2.45) is 5.92 Å². The molecule has 0 amide bonds. The molecule has 4 aromatic heterocycles. The van der Waals surface area contributed by atoms with Gasteiger partial charge in [0.25, 0.3) is 0 Å². The van der Waals surface area contributed by atoms with E-state index < -0.39 is 11.9 Å². The van der Waals surface area contributed by atoms with Crippen LogP contribution in [0.1, 0.15) is 54.8 Å². The van der Waals surface area contributed by atoms with Gasteiger partial charge in [-0.1, -0.05) is 17.1 Å². The number of ether oxygens (including phenoxy) is 3. The van der Waals surface area contributed by atoms with Gasteiger partial charge in [0.2, 0.25) is 0 Å². The summed E-state index contributed by atoms with van der Waals surface area (Å²) < 4.78 is 34.9. The highest BCUT2D eigenvalue weighted by molar-refractivity contribution is 5.75. The standard InChI is InChI=1S/C31H34FN7O3/c1-20-30(35-36-39(20)25-9-11-37(12-10-25)26-17-41-18-26)23-13-28(42-29(19-40-2)27-8-7-24(32)15-33-27)31-22(6-5-21-3-4-21)14-34-38(31)16-23/h7-8,13-16,21,25-26,29H,3-4,9-12,17-19H2,1-2H3.